The Kier molecular flexibility index (Phi) is 6.58. The van der Waals surface area contributed by atoms with E-state index in [-0.39, 0.29) is 12.4 Å². The summed E-state index contributed by atoms with van der Waals surface area (Å²) in [6.45, 7) is 4.60. The second-order valence-corrected chi connectivity index (χ2v) is 8.16. The first-order valence-electron chi connectivity index (χ1n) is 11.1. The van der Waals surface area contributed by atoms with Gasteiger partial charge in [0.15, 0.2) is 6.29 Å². The second kappa shape index (κ2) is 10.1. The van der Waals surface area contributed by atoms with Gasteiger partial charge >= 0.3 is 0 Å². The molecule has 0 aliphatic carbocycles. The van der Waals surface area contributed by atoms with E-state index in [2.05, 4.69) is 45.2 Å². The van der Waals surface area contributed by atoms with Crippen LogP contribution in [0.4, 0.5) is 0 Å². The van der Waals surface area contributed by atoms with Crippen molar-refractivity contribution in [3.05, 3.63) is 84.2 Å². The number of ether oxygens (including phenoxy) is 3. The van der Waals surface area contributed by atoms with Crippen LogP contribution in [-0.4, -0.2) is 58.1 Å². The summed E-state index contributed by atoms with van der Waals surface area (Å²) in [6.07, 6.45) is 12.2. The van der Waals surface area contributed by atoms with Crippen molar-refractivity contribution >= 4 is 6.08 Å². The number of fused-ring (bicyclic) bond motifs is 1. The van der Waals surface area contributed by atoms with Gasteiger partial charge in [0.2, 0.25) is 0 Å². The first-order valence-corrected chi connectivity index (χ1v) is 11.1. The van der Waals surface area contributed by atoms with Crippen molar-refractivity contribution in [1.82, 2.24) is 19.4 Å². The molecule has 32 heavy (non-hydrogen) atoms. The molecule has 0 spiro atoms. The molecular weight excluding hydrogens is 404 g/mol. The molecule has 7 heteroatoms. The molecule has 0 amide bonds. The largest absolute Gasteiger partial charge is 0.491 e. The van der Waals surface area contributed by atoms with Crippen molar-refractivity contribution in [2.24, 2.45) is 0 Å². The maximum atomic E-state index is 6.02. The van der Waals surface area contributed by atoms with Crippen LogP contribution < -0.4 is 4.74 Å². The van der Waals surface area contributed by atoms with Gasteiger partial charge < -0.3 is 18.8 Å². The van der Waals surface area contributed by atoms with Gasteiger partial charge in [0.25, 0.3) is 0 Å². The molecule has 5 rings (SSSR count). The van der Waals surface area contributed by atoms with Crippen molar-refractivity contribution in [3.63, 3.8) is 0 Å². The number of hydrogen-bond donors (Lipinski definition) is 0. The van der Waals surface area contributed by atoms with Gasteiger partial charge in [0.1, 0.15) is 18.5 Å². The summed E-state index contributed by atoms with van der Waals surface area (Å²) >= 11 is 0. The number of benzene rings is 1. The van der Waals surface area contributed by atoms with Gasteiger partial charge in [-0.2, -0.15) is 0 Å². The van der Waals surface area contributed by atoms with E-state index in [9.17, 15) is 0 Å². The summed E-state index contributed by atoms with van der Waals surface area (Å²) in [5.41, 5.74) is 3.74. The van der Waals surface area contributed by atoms with Crippen LogP contribution in [0.3, 0.4) is 0 Å². The molecule has 1 fully saturated rings. The average molecular weight is 433 g/mol. The number of rotatable bonds is 8. The first kappa shape index (κ1) is 20.9. The molecule has 2 unspecified atom stereocenters. The molecule has 3 aromatic rings. The lowest BCUT2D eigenvalue weighted by Crippen LogP contribution is -2.30. The van der Waals surface area contributed by atoms with Crippen LogP contribution in [0.25, 0.3) is 6.08 Å². The summed E-state index contributed by atoms with van der Waals surface area (Å²) in [4.78, 5) is 10.8. The van der Waals surface area contributed by atoms with Crippen LogP contribution in [0.1, 0.15) is 16.8 Å². The summed E-state index contributed by atoms with van der Waals surface area (Å²) < 4.78 is 19.6. The summed E-state index contributed by atoms with van der Waals surface area (Å²) in [5, 5.41) is 0. The molecule has 0 saturated carbocycles. The van der Waals surface area contributed by atoms with Gasteiger partial charge in [0, 0.05) is 38.2 Å². The predicted molar refractivity (Wildman–Crippen MR) is 121 cm³/mol. The zero-order valence-electron chi connectivity index (χ0n) is 18.0. The Balaban J connectivity index is 1.08. The highest BCUT2D eigenvalue weighted by molar-refractivity contribution is 5.44. The fourth-order valence-corrected chi connectivity index (χ4v) is 4.08. The molecule has 0 bridgehead atoms. The van der Waals surface area contributed by atoms with Gasteiger partial charge in [-0.25, -0.2) is 4.98 Å². The molecule has 4 heterocycles. The highest BCUT2D eigenvalue weighted by Gasteiger charge is 2.27. The van der Waals surface area contributed by atoms with Crippen LogP contribution in [0.2, 0.25) is 0 Å². The van der Waals surface area contributed by atoms with Crippen LogP contribution in [0, 0.1) is 0 Å². The van der Waals surface area contributed by atoms with Crippen LogP contribution >= 0.6 is 0 Å². The molecule has 0 N–H and O–H groups in total. The third-order valence-electron chi connectivity index (χ3n) is 5.78. The Labute approximate surface area is 188 Å². The second-order valence-electron chi connectivity index (χ2n) is 8.16. The summed E-state index contributed by atoms with van der Waals surface area (Å²) in [5.74, 6) is 0.897. The minimum Gasteiger partial charge on any atom is -0.491 e. The normalized spacial score (nSPS) is 21.1. The smallest absolute Gasteiger partial charge is 0.176 e. The molecule has 166 valence electrons. The Morgan fingerprint density at radius 1 is 1.16 bits per heavy atom. The number of pyridine rings is 1. The third-order valence-corrected chi connectivity index (χ3v) is 5.78. The molecule has 1 saturated heterocycles. The number of aromatic nitrogens is 3. The van der Waals surface area contributed by atoms with E-state index in [0.717, 1.165) is 37.5 Å². The first-order chi connectivity index (χ1) is 15.8. The van der Waals surface area contributed by atoms with Crippen molar-refractivity contribution in [3.8, 4) is 5.75 Å². The van der Waals surface area contributed by atoms with E-state index in [0.29, 0.717) is 19.8 Å². The van der Waals surface area contributed by atoms with Crippen LogP contribution in [0.5, 0.6) is 5.75 Å². The van der Waals surface area contributed by atoms with Crippen LogP contribution in [-0.2, 0) is 29.0 Å². The maximum absolute atomic E-state index is 6.02. The van der Waals surface area contributed by atoms with Crippen molar-refractivity contribution in [2.75, 3.05) is 26.3 Å². The molecular formula is C25H28N4O3. The minimum atomic E-state index is -0.251. The Morgan fingerprint density at radius 2 is 2.16 bits per heavy atom. The van der Waals surface area contributed by atoms with Gasteiger partial charge in [-0.1, -0.05) is 18.2 Å². The molecule has 2 aliphatic rings. The Bertz CT molecular complexity index is 1020. The zero-order chi connectivity index (χ0) is 21.6. The molecule has 2 aliphatic heterocycles. The molecule has 0 radical (unpaired) electrons. The van der Waals surface area contributed by atoms with Gasteiger partial charge in [0.05, 0.1) is 25.2 Å². The predicted octanol–water partition coefficient (Wildman–Crippen LogP) is 3.17. The highest BCUT2D eigenvalue weighted by Crippen LogP contribution is 2.24. The van der Waals surface area contributed by atoms with Gasteiger partial charge in [-0.3, -0.25) is 9.88 Å². The third kappa shape index (κ3) is 5.43. The van der Waals surface area contributed by atoms with Gasteiger partial charge in [-0.15, -0.1) is 0 Å². The SMILES string of the molecule is C(=C\c1ccccn1)/CN1CCc2cc(OCC3COC(Cn4ccnc4)O3)ccc2C1. The lowest BCUT2D eigenvalue weighted by Gasteiger charge is -2.28. The topological polar surface area (TPSA) is 61.6 Å². The van der Waals surface area contributed by atoms with E-state index < -0.39 is 0 Å². The number of imidazole rings is 1. The average Bonchev–Trinajstić information content (AvgIpc) is 3.51. The maximum Gasteiger partial charge on any atom is 0.176 e. The van der Waals surface area contributed by atoms with E-state index in [1.54, 1.807) is 12.5 Å². The standard InChI is InChI=1S/C25H28N4O3/c1-2-9-27-22(4-1)5-3-11-28-12-8-20-14-23(7-6-21(20)15-28)30-17-24-18-31-25(32-24)16-29-13-10-26-19-29/h1-7,9-10,13-14,19,24-25H,8,11-12,15-18H2/b5-3+. The van der Waals surface area contributed by atoms with E-state index >= 15 is 0 Å². The van der Waals surface area contributed by atoms with E-state index in [1.807, 2.05) is 35.2 Å². The lowest BCUT2D eigenvalue weighted by atomic mass is 9.99. The van der Waals surface area contributed by atoms with Crippen molar-refractivity contribution < 1.29 is 14.2 Å². The zero-order valence-corrected chi connectivity index (χ0v) is 18.0. The molecule has 7 nitrogen and oxygen atoms in total. The number of nitrogens with zero attached hydrogens (tertiary/aromatic N) is 4. The molecule has 2 aromatic heterocycles. The Hall–Kier alpha value is -3.00. The fraction of sp³-hybridized carbons (Fsp3) is 0.360. The van der Waals surface area contributed by atoms with E-state index in [1.165, 1.54) is 11.1 Å². The summed E-state index contributed by atoms with van der Waals surface area (Å²) in [7, 11) is 0. The molecule has 1 aromatic carbocycles. The monoisotopic (exact) mass is 432 g/mol. The minimum absolute atomic E-state index is 0.0547. The summed E-state index contributed by atoms with van der Waals surface area (Å²) in [6, 6.07) is 12.4. The highest BCUT2D eigenvalue weighted by atomic mass is 16.7. The fourth-order valence-electron chi connectivity index (χ4n) is 4.08. The van der Waals surface area contributed by atoms with Crippen LogP contribution in [0.15, 0.2) is 67.4 Å². The quantitative estimate of drug-likeness (QED) is 0.545. The van der Waals surface area contributed by atoms with Crippen molar-refractivity contribution in [1.29, 1.82) is 0 Å². The number of hydrogen-bond acceptors (Lipinski definition) is 6. The van der Waals surface area contributed by atoms with E-state index in [4.69, 9.17) is 14.2 Å². The molecule has 2 atom stereocenters. The lowest BCUT2D eigenvalue weighted by molar-refractivity contribution is -0.0726. The van der Waals surface area contributed by atoms with Gasteiger partial charge in [-0.05, 0) is 47.9 Å². The Morgan fingerprint density at radius 3 is 3.03 bits per heavy atom. The van der Waals surface area contributed by atoms with Crippen molar-refractivity contribution in [2.45, 2.75) is 31.9 Å².